The lowest BCUT2D eigenvalue weighted by Gasteiger charge is -2.12. The van der Waals surface area contributed by atoms with Gasteiger partial charge in [-0.25, -0.2) is 4.79 Å². The van der Waals surface area contributed by atoms with Gasteiger partial charge >= 0.3 is 5.97 Å². The van der Waals surface area contributed by atoms with Crippen molar-refractivity contribution in [1.29, 1.82) is 0 Å². The van der Waals surface area contributed by atoms with Gasteiger partial charge in [0, 0.05) is 23.9 Å². The Kier molecular flexibility index (Phi) is 7.41. The number of carbonyl (C=O) groups is 2. The zero-order valence-electron chi connectivity index (χ0n) is 16.4. The van der Waals surface area contributed by atoms with E-state index >= 15 is 0 Å². The summed E-state index contributed by atoms with van der Waals surface area (Å²) >= 11 is 0. The number of amides is 1. The van der Waals surface area contributed by atoms with Crippen molar-refractivity contribution in [2.24, 2.45) is 0 Å². The molecule has 0 aromatic heterocycles. The van der Waals surface area contributed by atoms with E-state index in [0.29, 0.717) is 24.5 Å². The Bertz CT molecular complexity index is 837. The third kappa shape index (κ3) is 6.47. The van der Waals surface area contributed by atoms with Gasteiger partial charge in [-0.15, -0.1) is 0 Å². The number of hydrogen-bond acceptors (Lipinski definition) is 5. The normalized spacial score (nSPS) is 16.0. The molecule has 2 aromatic rings. The summed E-state index contributed by atoms with van der Waals surface area (Å²) in [4.78, 5) is 23.8. The number of rotatable bonds is 8. The first-order valence-electron chi connectivity index (χ1n) is 9.75. The number of ether oxygens (including phenoxy) is 3. The molecule has 1 aliphatic heterocycles. The molecule has 0 saturated carbocycles. The van der Waals surface area contributed by atoms with Crippen molar-refractivity contribution in [3.63, 3.8) is 0 Å². The van der Waals surface area contributed by atoms with Gasteiger partial charge in [0.15, 0.2) is 0 Å². The van der Waals surface area contributed by atoms with Crippen LogP contribution >= 0.6 is 0 Å². The highest BCUT2D eigenvalue weighted by atomic mass is 16.5. The van der Waals surface area contributed by atoms with Gasteiger partial charge < -0.3 is 19.5 Å². The summed E-state index contributed by atoms with van der Waals surface area (Å²) in [5.41, 5.74) is 2.05. The molecule has 6 heteroatoms. The average molecular weight is 395 g/mol. The highest BCUT2D eigenvalue weighted by Gasteiger charge is 2.16. The number of carbonyl (C=O) groups excluding carboxylic acids is 2. The fourth-order valence-electron chi connectivity index (χ4n) is 2.90. The van der Waals surface area contributed by atoms with Gasteiger partial charge in [0.1, 0.15) is 12.4 Å². The molecule has 6 nitrogen and oxygen atoms in total. The third-order valence-electron chi connectivity index (χ3n) is 4.44. The zero-order valence-corrected chi connectivity index (χ0v) is 16.4. The molecule has 1 amide bonds. The second-order valence-electron chi connectivity index (χ2n) is 6.63. The molecule has 1 fully saturated rings. The molecule has 2 aromatic carbocycles. The molecule has 1 N–H and O–H groups in total. The molecule has 0 spiro atoms. The number of nitrogens with one attached hydrogen (secondary N) is 1. The Morgan fingerprint density at radius 2 is 1.90 bits per heavy atom. The summed E-state index contributed by atoms with van der Waals surface area (Å²) < 4.78 is 16.1. The molecule has 0 aliphatic carbocycles. The van der Waals surface area contributed by atoms with Crippen molar-refractivity contribution in [3.8, 4) is 5.75 Å². The molecular formula is C23H25NO5. The van der Waals surface area contributed by atoms with Crippen LogP contribution in [0.2, 0.25) is 0 Å². The first-order chi connectivity index (χ1) is 14.1. The largest absolute Gasteiger partial charge is 0.491 e. The molecule has 1 unspecified atom stereocenters. The van der Waals surface area contributed by atoms with E-state index in [1.807, 2.05) is 12.1 Å². The number of hydrogen-bond donors (Lipinski definition) is 1. The summed E-state index contributed by atoms with van der Waals surface area (Å²) in [6.07, 6.45) is 5.31. The van der Waals surface area contributed by atoms with E-state index in [9.17, 15) is 9.59 Å². The molecule has 1 saturated heterocycles. The Hall–Kier alpha value is -3.12. The summed E-state index contributed by atoms with van der Waals surface area (Å²) in [5, 5.41) is 2.85. The van der Waals surface area contributed by atoms with E-state index < -0.39 is 0 Å². The van der Waals surface area contributed by atoms with E-state index in [1.54, 1.807) is 49.4 Å². The molecule has 1 aliphatic rings. The van der Waals surface area contributed by atoms with E-state index in [2.05, 4.69) is 5.32 Å². The van der Waals surface area contributed by atoms with Crippen LogP contribution in [0.3, 0.4) is 0 Å². The quantitative estimate of drug-likeness (QED) is 0.539. The average Bonchev–Trinajstić information content (AvgIpc) is 3.26. The molecule has 0 bridgehead atoms. The van der Waals surface area contributed by atoms with Gasteiger partial charge in [-0.2, -0.15) is 0 Å². The number of anilines is 1. The molecule has 1 atom stereocenters. The van der Waals surface area contributed by atoms with Crippen molar-refractivity contribution >= 4 is 23.6 Å². The summed E-state index contributed by atoms with van der Waals surface area (Å²) in [5.74, 6) is 0.133. The minimum absolute atomic E-state index is 0.160. The Labute approximate surface area is 170 Å². The van der Waals surface area contributed by atoms with E-state index in [1.165, 1.54) is 6.08 Å². The van der Waals surface area contributed by atoms with Crippen LogP contribution in [0.4, 0.5) is 5.69 Å². The lowest BCUT2D eigenvalue weighted by atomic mass is 10.1. The fraction of sp³-hybridized carbons (Fsp3) is 0.304. The SMILES string of the molecule is CCOC(=O)/C=C/c1ccc(NC(=O)c2ccc(OCC3CCCO3)cc2)cc1. The van der Waals surface area contributed by atoms with Crippen LogP contribution in [0.15, 0.2) is 54.6 Å². The van der Waals surface area contributed by atoms with Crippen LogP contribution in [-0.2, 0) is 14.3 Å². The van der Waals surface area contributed by atoms with Crippen LogP contribution in [0, 0.1) is 0 Å². The highest BCUT2D eigenvalue weighted by Crippen LogP contribution is 2.18. The predicted octanol–water partition coefficient (Wildman–Crippen LogP) is 4.07. The lowest BCUT2D eigenvalue weighted by Crippen LogP contribution is -2.16. The topological polar surface area (TPSA) is 73.9 Å². The monoisotopic (exact) mass is 395 g/mol. The maximum Gasteiger partial charge on any atom is 0.330 e. The lowest BCUT2D eigenvalue weighted by molar-refractivity contribution is -0.137. The predicted molar refractivity (Wildman–Crippen MR) is 111 cm³/mol. The molecule has 152 valence electrons. The van der Waals surface area contributed by atoms with Crippen molar-refractivity contribution in [1.82, 2.24) is 0 Å². The highest BCUT2D eigenvalue weighted by molar-refractivity contribution is 6.04. The Morgan fingerprint density at radius 3 is 2.55 bits per heavy atom. The van der Waals surface area contributed by atoms with Crippen LogP contribution < -0.4 is 10.1 Å². The van der Waals surface area contributed by atoms with Gasteiger partial charge in [-0.1, -0.05) is 12.1 Å². The first kappa shape index (κ1) is 20.6. The molecule has 1 heterocycles. The minimum atomic E-state index is -0.381. The third-order valence-corrected chi connectivity index (χ3v) is 4.44. The molecule has 29 heavy (non-hydrogen) atoms. The summed E-state index contributed by atoms with van der Waals surface area (Å²) in [6, 6.07) is 14.2. The van der Waals surface area contributed by atoms with Crippen LogP contribution in [0.1, 0.15) is 35.7 Å². The Morgan fingerprint density at radius 1 is 1.14 bits per heavy atom. The molecule has 3 rings (SSSR count). The van der Waals surface area contributed by atoms with E-state index in [0.717, 1.165) is 30.8 Å². The van der Waals surface area contributed by atoms with Gasteiger partial charge in [-0.3, -0.25) is 4.79 Å². The van der Waals surface area contributed by atoms with Gasteiger partial charge in [0.2, 0.25) is 0 Å². The maximum absolute atomic E-state index is 12.4. The second-order valence-corrected chi connectivity index (χ2v) is 6.63. The van der Waals surface area contributed by atoms with Crippen molar-refractivity contribution < 1.29 is 23.8 Å². The summed E-state index contributed by atoms with van der Waals surface area (Å²) in [6.45, 7) is 3.43. The first-order valence-corrected chi connectivity index (χ1v) is 9.75. The maximum atomic E-state index is 12.4. The van der Waals surface area contributed by atoms with Crippen molar-refractivity contribution in [3.05, 3.63) is 65.7 Å². The minimum Gasteiger partial charge on any atom is -0.491 e. The standard InChI is InChI=1S/C23H25NO5/c1-2-27-22(25)14-7-17-5-10-19(11-6-17)24-23(26)18-8-12-20(13-9-18)29-16-21-4-3-15-28-21/h5-14,21H,2-4,15-16H2,1H3,(H,24,26)/b14-7+. The molecule has 0 radical (unpaired) electrons. The smallest absolute Gasteiger partial charge is 0.330 e. The van der Waals surface area contributed by atoms with Gasteiger partial charge in [0.25, 0.3) is 5.91 Å². The Balaban J connectivity index is 1.50. The van der Waals surface area contributed by atoms with Gasteiger partial charge in [0.05, 0.1) is 12.7 Å². The summed E-state index contributed by atoms with van der Waals surface area (Å²) in [7, 11) is 0. The number of esters is 1. The van der Waals surface area contributed by atoms with Crippen LogP contribution in [0.5, 0.6) is 5.75 Å². The van der Waals surface area contributed by atoms with Gasteiger partial charge in [-0.05, 0) is 67.8 Å². The van der Waals surface area contributed by atoms with Crippen LogP contribution in [-0.4, -0.2) is 37.8 Å². The number of benzene rings is 2. The van der Waals surface area contributed by atoms with Crippen molar-refractivity contribution in [2.75, 3.05) is 25.1 Å². The van der Waals surface area contributed by atoms with Crippen molar-refractivity contribution in [2.45, 2.75) is 25.9 Å². The second kappa shape index (κ2) is 10.4. The molecular weight excluding hydrogens is 370 g/mol. The fourth-order valence-corrected chi connectivity index (χ4v) is 2.90. The van der Waals surface area contributed by atoms with Crippen LogP contribution in [0.25, 0.3) is 6.08 Å². The van der Waals surface area contributed by atoms with E-state index in [-0.39, 0.29) is 18.0 Å². The zero-order chi connectivity index (χ0) is 20.5. The van der Waals surface area contributed by atoms with E-state index in [4.69, 9.17) is 14.2 Å².